The van der Waals surface area contributed by atoms with Crippen LogP contribution in [0.2, 0.25) is 0 Å². The van der Waals surface area contributed by atoms with Crippen molar-refractivity contribution >= 4 is 77.8 Å². The van der Waals surface area contributed by atoms with Gasteiger partial charge >= 0.3 is 0 Å². The molecule has 0 unspecified atom stereocenters. The Bertz CT molecular complexity index is 4520. The summed E-state index contributed by atoms with van der Waals surface area (Å²) in [5.41, 5.74) is 17.9. The van der Waals surface area contributed by atoms with Crippen molar-refractivity contribution in [1.82, 2.24) is 0 Å². The number of rotatable bonds is 8. The largest absolute Gasteiger partial charge is 0.456 e. The number of nitrogens with zero attached hydrogens (tertiary/aromatic N) is 2. The van der Waals surface area contributed by atoms with E-state index in [9.17, 15) is 0 Å². The van der Waals surface area contributed by atoms with Gasteiger partial charge in [0.1, 0.15) is 27.9 Å². The summed E-state index contributed by atoms with van der Waals surface area (Å²) in [4.78, 5) is 4.67. The molecule has 14 aromatic rings. The number of furan rings is 2. The van der Waals surface area contributed by atoms with Gasteiger partial charge in [0.2, 0.25) is 0 Å². The molecule has 3 heterocycles. The van der Waals surface area contributed by atoms with Crippen LogP contribution in [-0.2, 0) is 5.41 Å². The average Bonchev–Trinajstić information content (AvgIpc) is 3.99. The Labute approximate surface area is 450 Å². The maximum absolute atomic E-state index is 7.53. The van der Waals surface area contributed by atoms with Crippen LogP contribution in [0.1, 0.15) is 22.5 Å². The second kappa shape index (κ2) is 17.4. The minimum Gasteiger partial charge on any atom is -0.456 e. The Morgan fingerprint density at radius 1 is 0.295 bits per heavy atom. The lowest BCUT2D eigenvalue weighted by Gasteiger charge is -2.37. The smallest absolute Gasteiger partial charge is 0.178 e. The zero-order valence-corrected chi connectivity index (χ0v) is 42.2. The highest BCUT2D eigenvalue weighted by molar-refractivity contribution is 6.07. The van der Waals surface area contributed by atoms with E-state index in [0.29, 0.717) is 5.75 Å². The summed E-state index contributed by atoms with van der Waals surface area (Å²) in [6.07, 6.45) is 0. The fourth-order valence-corrected chi connectivity index (χ4v) is 12.6. The van der Waals surface area contributed by atoms with Gasteiger partial charge in [0.05, 0.1) is 11.1 Å². The van der Waals surface area contributed by atoms with Crippen molar-refractivity contribution in [3.8, 4) is 44.9 Å². The molecule has 2 aliphatic rings. The first-order chi connectivity index (χ1) is 38.7. The molecule has 0 atom stereocenters. The molecule has 366 valence electrons. The summed E-state index contributed by atoms with van der Waals surface area (Å²) < 4.78 is 21.4. The van der Waals surface area contributed by atoms with Crippen molar-refractivity contribution in [3.05, 3.63) is 302 Å². The van der Waals surface area contributed by atoms with E-state index < -0.39 is 5.41 Å². The first-order valence-corrected chi connectivity index (χ1v) is 26.5. The van der Waals surface area contributed by atoms with Crippen molar-refractivity contribution in [1.29, 1.82) is 0 Å². The number of benzene rings is 12. The Hall–Kier alpha value is -10.4. The van der Waals surface area contributed by atoms with Crippen LogP contribution in [0.25, 0.3) is 77.1 Å². The van der Waals surface area contributed by atoms with Gasteiger partial charge in [0, 0.05) is 62.3 Å². The van der Waals surface area contributed by atoms with Crippen LogP contribution < -0.4 is 14.5 Å². The van der Waals surface area contributed by atoms with Crippen LogP contribution in [0.5, 0.6) is 11.5 Å². The van der Waals surface area contributed by atoms with E-state index in [1.54, 1.807) is 0 Å². The van der Waals surface area contributed by atoms with Gasteiger partial charge in [-0.3, -0.25) is 0 Å². The monoisotopic (exact) mass is 998 g/mol. The Morgan fingerprint density at radius 3 is 1.51 bits per heavy atom. The van der Waals surface area contributed by atoms with Crippen molar-refractivity contribution in [3.63, 3.8) is 0 Å². The van der Waals surface area contributed by atoms with Crippen molar-refractivity contribution in [2.45, 2.75) is 5.41 Å². The third-order valence-corrected chi connectivity index (χ3v) is 16.1. The van der Waals surface area contributed by atoms with E-state index in [1.807, 2.05) is 12.1 Å². The highest BCUT2D eigenvalue weighted by atomic mass is 16.5. The average molecular weight is 999 g/mol. The molecule has 0 radical (unpaired) electrons. The predicted molar refractivity (Wildman–Crippen MR) is 319 cm³/mol. The van der Waals surface area contributed by atoms with Gasteiger partial charge in [0.25, 0.3) is 0 Å². The Balaban J connectivity index is 0.907. The summed E-state index contributed by atoms with van der Waals surface area (Å²) in [5.74, 6) is 2.21. The van der Waals surface area contributed by atoms with Gasteiger partial charge in [-0.1, -0.05) is 194 Å². The fourth-order valence-electron chi connectivity index (χ4n) is 12.6. The molecule has 78 heavy (non-hydrogen) atoms. The molecule has 0 N–H and O–H groups in total. The molecular formula is C73H46N2O3. The van der Waals surface area contributed by atoms with Crippen LogP contribution >= 0.6 is 0 Å². The van der Waals surface area contributed by atoms with Crippen molar-refractivity contribution in [2.75, 3.05) is 9.80 Å². The maximum atomic E-state index is 7.53. The van der Waals surface area contributed by atoms with E-state index in [1.165, 1.54) is 22.3 Å². The van der Waals surface area contributed by atoms with Gasteiger partial charge in [-0.25, -0.2) is 0 Å². The highest BCUT2D eigenvalue weighted by Crippen LogP contribution is 2.64. The first-order valence-electron chi connectivity index (χ1n) is 26.5. The molecule has 1 aliphatic carbocycles. The lowest BCUT2D eigenvalue weighted by molar-refractivity contribution is 0.389. The van der Waals surface area contributed by atoms with Crippen LogP contribution in [0.15, 0.2) is 288 Å². The number of ether oxygens (including phenoxy) is 1. The third-order valence-electron chi connectivity index (χ3n) is 16.1. The standard InChI is InChI=1S/C73H46N2O3/c1-3-16-47(17-4-1)49-30-34-52(35-31-49)74(53-36-32-50(33-37-53)48-18-5-2-6-19-48)54-40-43-68-62(44-54)71-72(78-68)73(63-26-12-9-23-58(63)59-24-10-13-27-64(59)73)65-42-39-56(46-70(65)77-71)75(66-28-15-21-51-20-7-8-22-57(51)66)55-38-41-61-60-25-11-14-29-67(60)76-69(61)45-55/h1-46H. The minimum absolute atomic E-state index is 0.696. The van der Waals surface area contributed by atoms with Crippen molar-refractivity contribution < 1.29 is 13.6 Å². The van der Waals surface area contributed by atoms with E-state index in [-0.39, 0.29) is 0 Å². The van der Waals surface area contributed by atoms with Gasteiger partial charge in [-0.15, -0.1) is 0 Å². The molecule has 16 rings (SSSR count). The molecule has 0 bridgehead atoms. The summed E-state index contributed by atoms with van der Waals surface area (Å²) >= 11 is 0. The second-order valence-corrected chi connectivity index (χ2v) is 20.3. The van der Waals surface area contributed by atoms with Crippen molar-refractivity contribution in [2.24, 2.45) is 0 Å². The molecule has 0 saturated carbocycles. The number of fused-ring (bicyclic) bond motifs is 15. The topological polar surface area (TPSA) is 42.0 Å². The molecular weight excluding hydrogens is 953 g/mol. The van der Waals surface area contributed by atoms with E-state index in [2.05, 4.69) is 277 Å². The first kappa shape index (κ1) is 44.0. The van der Waals surface area contributed by atoms with Crippen LogP contribution in [0.4, 0.5) is 34.1 Å². The lowest BCUT2D eigenvalue weighted by atomic mass is 9.69. The summed E-state index contributed by atoms with van der Waals surface area (Å²) in [5, 5.41) is 5.33. The minimum atomic E-state index is -0.842. The fraction of sp³-hybridized carbons (Fsp3) is 0.0137. The van der Waals surface area contributed by atoms with E-state index in [4.69, 9.17) is 13.6 Å². The molecule has 2 aromatic heterocycles. The lowest BCUT2D eigenvalue weighted by Crippen LogP contribution is -2.31. The highest BCUT2D eigenvalue weighted by Gasteiger charge is 2.54. The van der Waals surface area contributed by atoms with Crippen LogP contribution in [-0.4, -0.2) is 0 Å². The summed E-state index contributed by atoms with van der Waals surface area (Å²) in [6, 6.07) is 99.6. The normalized spacial score (nSPS) is 12.8. The molecule has 12 aromatic carbocycles. The van der Waals surface area contributed by atoms with Crippen LogP contribution in [0.3, 0.4) is 0 Å². The second-order valence-electron chi connectivity index (χ2n) is 20.3. The third kappa shape index (κ3) is 6.68. The van der Waals surface area contributed by atoms with E-state index >= 15 is 0 Å². The Kier molecular flexibility index (Phi) is 9.78. The zero-order chi connectivity index (χ0) is 51.3. The quantitative estimate of drug-likeness (QED) is 0.152. The van der Waals surface area contributed by atoms with Gasteiger partial charge in [-0.2, -0.15) is 0 Å². The zero-order valence-electron chi connectivity index (χ0n) is 42.2. The molecule has 5 nitrogen and oxygen atoms in total. The molecule has 1 aliphatic heterocycles. The van der Waals surface area contributed by atoms with Crippen LogP contribution in [0, 0.1) is 0 Å². The SMILES string of the molecule is c1ccc(-c2ccc(N(c3ccc(-c4ccccc4)cc3)c3ccc4oc5c(c4c3)Oc3cc(N(c4ccc6c(c4)oc4ccccc46)c4cccc6ccccc46)ccc3C53c4ccccc4-c4ccccc43)cc2)cc1. The predicted octanol–water partition coefficient (Wildman–Crippen LogP) is 20.2. The molecule has 5 heteroatoms. The number of anilines is 6. The molecule has 0 fully saturated rings. The molecule has 0 amide bonds. The molecule has 0 saturated heterocycles. The Morgan fingerprint density at radius 2 is 0.808 bits per heavy atom. The van der Waals surface area contributed by atoms with Gasteiger partial charge in [0.15, 0.2) is 11.5 Å². The molecule has 1 spiro atoms. The maximum Gasteiger partial charge on any atom is 0.178 e. The van der Waals surface area contributed by atoms with E-state index in [0.717, 1.165) is 117 Å². The van der Waals surface area contributed by atoms with Gasteiger partial charge < -0.3 is 23.4 Å². The summed E-state index contributed by atoms with van der Waals surface area (Å²) in [6.45, 7) is 0. The number of para-hydroxylation sites is 1. The van der Waals surface area contributed by atoms with Gasteiger partial charge in [-0.05, 0) is 123 Å². The summed E-state index contributed by atoms with van der Waals surface area (Å²) in [7, 11) is 0. The number of hydrogen-bond donors (Lipinski definition) is 0. The number of hydrogen-bond acceptors (Lipinski definition) is 5.